The Hall–Kier alpha value is -0.220. The number of carboxylic acids is 1. The Morgan fingerprint density at radius 3 is 1.46 bits per heavy atom. The number of unbranched alkanes of at least 4 members (excludes halogenated alkanes) is 13. The molecule has 3 nitrogen and oxygen atoms in total. The molecule has 0 saturated heterocycles. The van der Waals surface area contributed by atoms with Crippen molar-refractivity contribution >= 4 is 16.9 Å². The summed E-state index contributed by atoms with van der Waals surface area (Å²) < 4.78 is 0. The lowest BCUT2D eigenvalue weighted by Gasteiger charge is -2.07. The van der Waals surface area contributed by atoms with Crippen LogP contribution in [0.2, 0.25) is 0 Å². The molecule has 24 heavy (non-hydrogen) atoms. The molecule has 0 bridgehead atoms. The molecule has 0 rings (SSSR count). The number of rotatable bonds is 17. The standard InChI is InChI=1S/C20H40O2S.H2O/c1-4-5-6-7-8-9-10-11-12-13-14-15-16-17-18-23(3)19(2)20(21)22;/h19H,4-18H2,1-3H3;1H2. The van der Waals surface area contributed by atoms with Gasteiger partial charge in [-0.2, -0.15) is 0 Å². The Balaban J connectivity index is 0. The molecule has 0 aromatic rings. The van der Waals surface area contributed by atoms with Gasteiger partial charge in [0.15, 0.2) is 0 Å². The van der Waals surface area contributed by atoms with Crippen molar-refractivity contribution in [2.45, 2.75) is 109 Å². The van der Waals surface area contributed by atoms with Gasteiger partial charge in [0.1, 0.15) is 5.75 Å². The monoisotopic (exact) mass is 362 g/mol. The van der Waals surface area contributed by atoms with Gasteiger partial charge in [-0.3, -0.25) is 0 Å². The van der Waals surface area contributed by atoms with Crippen molar-refractivity contribution < 1.29 is 15.4 Å². The molecule has 0 spiro atoms. The summed E-state index contributed by atoms with van der Waals surface area (Å²) in [6.45, 7) is 4.12. The molecular formula is C20H42O3S. The van der Waals surface area contributed by atoms with Crippen LogP contribution >= 0.6 is 0 Å². The number of carboxylic acid groups (broad SMARTS) is 1. The lowest BCUT2D eigenvalue weighted by atomic mass is 10.0. The van der Waals surface area contributed by atoms with Gasteiger partial charge in [0.2, 0.25) is 5.25 Å². The first-order valence-corrected chi connectivity index (χ1v) is 11.8. The highest BCUT2D eigenvalue weighted by Crippen LogP contribution is 2.14. The number of hydrogen-bond acceptors (Lipinski definition) is 2. The van der Waals surface area contributed by atoms with Crippen LogP contribution in [0.3, 0.4) is 0 Å². The van der Waals surface area contributed by atoms with Gasteiger partial charge in [0.25, 0.3) is 0 Å². The van der Waals surface area contributed by atoms with Crippen molar-refractivity contribution in [3.05, 3.63) is 0 Å². The van der Waals surface area contributed by atoms with E-state index in [9.17, 15) is 4.79 Å². The maximum Gasteiger partial charge on any atom is 0.356 e. The Kier molecular flexibility index (Phi) is 20.7. The van der Waals surface area contributed by atoms with Gasteiger partial charge in [-0.25, -0.2) is 4.79 Å². The molecule has 0 fully saturated rings. The van der Waals surface area contributed by atoms with Crippen LogP contribution in [0.15, 0.2) is 0 Å². The van der Waals surface area contributed by atoms with Crippen LogP contribution in [0.1, 0.15) is 104 Å². The lowest BCUT2D eigenvalue weighted by molar-refractivity contribution is -0.136. The van der Waals surface area contributed by atoms with Crippen LogP contribution in [0.5, 0.6) is 0 Å². The van der Waals surface area contributed by atoms with Gasteiger partial charge in [-0.15, -0.1) is 0 Å². The minimum Gasteiger partial charge on any atom is -0.870 e. The van der Waals surface area contributed by atoms with Crippen LogP contribution in [0, 0.1) is 0 Å². The van der Waals surface area contributed by atoms with Crippen molar-refractivity contribution in [2.75, 3.05) is 12.0 Å². The Morgan fingerprint density at radius 2 is 1.12 bits per heavy atom. The molecule has 2 atom stereocenters. The quantitative estimate of drug-likeness (QED) is 0.254. The van der Waals surface area contributed by atoms with E-state index in [2.05, 4.69) is 13.2 Å². The Labute approximate surface area is 153 Å². The second-order valence-electron chi connectivity index (χ2n) is 6.97. The van der Waals surface area contributed by atoms with Crippen LogP contribution < -0.4 is 0 Å². The molecule has 0 heterocycles. The highest BCUT2D eigenvalue weighted by atomic mass is 32.2. The fourth-order valence-electron chi connectivity index (χ4n) is 2.87. The second-order valence-corrected chi connectivity index (χ2v) is 9.47. The summed E-state index contributed by atoms with van der Waals surface area (Å²) in [6.07, 6.45) is 21.4. The summed E-state index contributed by atoms with van der Waals surface area (Å²) in [7, 11) is 0.0395. The molecule has 0 aromatic carbocycles. The van der Waals surface area contributed by atoms with Gasteiger partial charge in [-0.05, 0) is 30.7 Å². The Bertz CT molecular complexity index is 272. The fraction of sp³-hybridized carbons (Fsp3) is 0.950. The van der Waals surface area contributed by atoms with Crippen molar-refractivity contribution in [1.29, 1.82) is 0 Å². The Morgan fingerprint density at radius 1 is 0.792 bits per heavy atom. The molecule has 0 aliphatic carbocycles. The van der Waals surface area contributed by atoms with E-state index in [1.54, 1.807) is 0 Å². The minimum atomic E-state index is -0.638. The van der Waals surface area contributed by atoms with E-state index in [0.717, 1.165) is 5.75 Å². The first-order valence-electron chi connectivity index (χ1n) is 9.93. The van der Waals surface area contributed by atoms with E-state index >= 15 is 0 Å². The van der Waals surface area contributed by atoms with E-state index in [4.69, 9.17) is 5.11 Å². The average Bonchev–Trinajstić information content (AvgIpc) is 2.54. The second kappa shape index (κ2) is 19.1. The molecule has 2 unspecified atom stereocenters. The highest BCUT2D eigenvalue weighted by molar-refractivity contribution is 7.97. The first kappa shape index (κ1) is 26.0. The number of aliphatic carboxylic acids is 1. The zero-order chi connectivity index (χ0) is 17.3. The molecular weight excluding hydrogens is 320 g/mol. The minimum absolute atomic E-state index is 0. The van der Waals surface area contributed by atoms with Gasteiger partial charge in [0.05, 0.1) is 6.26 Å². The van der Waals surface area contributed by atoms with Crippen LogP contribution in [-0.2, 0) is 15.7 Å². The molecule has 2 N–H and O–H groups in total. The zero-order valence-corrected chi connectivity index (χ0v) is 17.2. The van der Waals surface area contributed by atoms with Crippen LogP contribution in [-0.4, -0.2) is 33.8 Å². The SMILES string of the molecule is CCCCCCCCCCCCCCCC[S+](C)C(C)C(=O)O.[OH-]. The summed E-state index contributed by atoms with van der Waals surface area (Å²) in [6, 6.07) is 0. The molecule has 0 aromatic heterocycles. The molecule has 0 amide bonds. The van der Waals surface area contributed by atoms with Crippen LogP contribution in [0.4, 0.5) is 0 Å². The average molecular weight is 363 g/mol. The number of carbonyl (C=O) groups is 1. The van der Waals surface area contributed by atoms with E-state index in [1.165, 1.54) is 89.9 Å². The molecule has 146 valence electrons. The summed E-state index contributed by atoms with van der Waals surface area (Å²) in [5.41, 5.74) is 0. The molecule has 0 aliphatic heterocycles. The molecule has 0 saturated carbocycles. The van der Waals surface area contributed by atoms with Crippen molar-refractivity contribution in [3.8, 4) is 0 Å². The first-order chi connectivity index (χ1) is 11.1. The summed E-state index contributed by atoms with van der Waals surface area (Å²) in [5, 5.41) is 8.81. The van der Waals surface area contributed by atoms with Gasteiger partial charge in [-0.1, -0.05) is 84.0 Å². The third kappa shape index (κ3) is 16.6. The highest BCUT2D eigenvalue weighted by Gasteiger charge is 2.27. The maximum absolute atomic E-state index is 10.9. The van der Waals surface area contributed by atoms with Gasteiger partial charge in [0, 0.05) is 0 Å². The normalized spacial score (nSPS) is 13.3. The molecule has 0 radical (unpaired) electrons. The zero-order valence-electron chi connectivity index (χ0n) is 16.4. The largest absolute Gasteiger partial charge is 0.870 e. The third-order valence-electron chi connectivity index (χ3n) is 4.77. The topological polar surface area (TPSA) is 67.3 Å². The summed E-state index contributed by atoms with van der Waals surface area (Å²) in [5.74, 6) is 0.451. The lowest BCUT2D eigenvalue weighted by Crippen LogP contribution is -2.28. The van der Waals surface area contributed by atoms with E-state index in [1.807, 2.05) is 6.92 Å². The van der Waals surface area contributed by atoms with Crippen molar-refractivity contribution in [2.24, 2.45) is 0 Å². The molecule has 0 aliphatic rings. The van der Waals surface area contributed by atoms with Crippen molar-refractivity contribution in [3.63, 3.8) is 0 Å². The summed E-state index contributed by atoms with van der Waals surface area (Å²) in [4.78, 5) is 10.9. The third-order valence-corrected chi connectivity index (χ3v) is 7.11. The summed E-state index contributed by atoms with van der Waals surface area (Å²) >= 11 is 0. The van der Waals surface area contributed by atoms with Crippen molar-refractivity contribution in [1.82, 2.24) is 0 Å². The van der Waals surface area contributed by atoms with Gasteiger partial charge >= 0.3 is 5.97 Å². The van der Waals surface area contributed by atoms with Gasteiger partial charge < -0.3 is 10.6 Å². The number of hydrogen-bond donors (Lipinski definition) is 1. The van der Waals surface area contributed by atoms with Crippen LogP contribution in [0.25, 0.3) is 0 Å². The predicted octanol–water partition coefficient (Wildman–Crippen LogP) is 6.01. The predicted molar refractivity (Wildman–Crippen MR) is 108 cm³/mol. The fourth-order valence-corrected chi connectivity index (χ4v) is 4.23. The smallest absolute Gasteiger partial charge is 0.356 e. The maximum atomic E-state index is 10.9. The van der Waals surface area contributed by atoms with E-state index < -0.39 is 5.97 Å². The van der Waals surface area contributed by atoms with E-state index in [-0.39, 0.29) is 21.6 Å². The van der Waals surface area contributed by atoms with E-state index in [0.29, 0.717) is 0 Å². The molecule has 4 heteroatoms.